The molecule has 0 aliphatic rings. The van der Waals surface area contributed by atoms with Crippen LogP contribution in [-0.2, 0) is 9.02 Å². The smallest absolute Gasteiger partial charge is 0.432 e. The van der Waals surface area contributed by atoms with Gasteiger partial charge in [0, 0.05) is 12.9 Å². The van der Waals surface area contributed by atoms with Crippen LogP contribution in [-0.4, -0.2) is 11.7 Å². The van der Waals surface area contributed by atoms with Crippen LogP contribution in [0.15, 0.2) is 0 Å². The number of hydrogen-bond donors (Lipinski definition) is 2. The number of carbonyl (C=O) groups is 1. The summed E-state index contributed by atoms with van der Waals surface area (Å²) in [6, 6.07) is 0. The number of nitrogens with one attached hydrogen (secondary N) is 1. The van der Waals surface area contributed by atoms with E-state index in [9.17, 15) is 4.79 Å². The summed E-state index contributed by atoms with van der Waals surface area (Å²) in [4.78, 5) is 10.6. The molecule has 10 heavy (non-hydrogen) atoms. The van der Waals surface area contributed by atoms with Crippen LogP contribution in [0.3, 0.4) is 0 Å². The molecule has 0 unspecified atom stereocenters. The van der Waals surface area contributed by atoms with Crippen molar-refractivity contribution in [2.45, 2.75) is 26.4 Å². The maximum Gasteiger partial charge on any atom is 0.432 e. The van der Waals surface area contributed by atoms with E-state index in [0.717, 1.165) is 0 Å². The van der Waals surface area contributed by atoms with Crippen LogP contribution in [0.2, 0.25) is 0 Å². The van der Waals surface area contributed by atoms with E-state index in [1.807, 2.05) is 5.48 Å². The Labute approximate surface area is 65.5 Å². The fraction of sp³-hybridized carbons (Fsp3) is 0.800. The first-order chi connectivity index (χ1) is 4.45. The Morgan fingerprint density at radius 3 is 2.30 bits per heavy atom. The molecule has 0 aromatic carbocycles. The highest BCUT2D eigenvalue weighted by Crippen LogP contribution is 2.06. The van der Waals surface area contributed by atoms with E-state index in [1.54, 1.807) is 20.8 Å². The molecule has 0 heterocycles. The summed E-state index contributed by atoms with van der Waals surface area (Å²) < 4.78 is 8.77. The number of hydrogen-bond acceptors (Lipinski definition) is 4. The molecule has 0 radical (unpaired) electrons. The van der Waals surface area contributed by atoms with Crippen molar-refractivity contribution in [2.24, 2.45) is 0 Å². The van der Waals surface area contributed by atoms with Gasteiger partial charge in [0.1, 0.15) is 5.60 Å². The molecule has 1 N–H and O–H groups in total. The van der Waals surface area contributed by atoms with Crippen LogP contribution in [0.1, 0.15) is 20.8 Å². The van der Waals surface area contributed by atoms with Crippen LogP contribution < -0.4 is 5.48 Å². The molecule has 0 spiro atoms. The Kier molecular flexibility index (Phi) is 3.52. The molecule has 0 aromatic heterocycles. The third kappa shape index (κ3) is 5.71. The van der Waals surface area contributed by atoms with Crippen molar-refractivity contribution in [1.82, 2.24) is 5.48 Å². The van der Waals surface area contributed by atoms with Gasteiger partial charge in [-0.15, -0.1) is 0 Å². The number of thiol groups is 1. The maximum atomic E-state index is 10.6. The minimum Gasteiger partial charge on any atom is -0.442 e. The molecule has 0 bridgehead atoms. The summed E-state index contributed by atoms with van der Waals surface area (Å²) in [5.74, 6) is 0. The molecule has 0 aromatic rings. The normalized spacial score (nSPS) is 10.8. The molecule has 0 fully saturated rings. The summed E-state index contributed by atoms with van der Waals surface area (Å²) in [5.41, 5.74) is 1.40. The summed E-state index contributed by atoms with van der Waals surface area (Å²) in [6.07, 6.45) is -0.650. The monoisotopic (exact) mass is 165 g/mol. The van der Waals surface area contributed by atoms with Crippen molar-refractivity contribution >= 4 is 19.0 Å². The Morgan fingerprint density at radius 1 is 1.50 bits per heavy atom. The van der Waals surface area contributed by atoms with E-state index in [-0.39, 0.29) is 0 Å². The molecule has 0 aliphatic carbocycles. The van der Waals surface area contributed by atoms with Crippen molar-refractivity contribution in [2.75, 3.05) is 0 Å². The van der Waals surface area contributed by atoms with Gasteiger partial charge in [0.25, 0.3) is 0 Å². The van der Waals surface area contributed by atoms with Crippen molar-refractivity contribution in [3.8, 4) is 0 Å². The first-order valence-corrected chi connectivity index (χ1v) is 3.11. The number of hydroxylamine groups is 1. The summed E-state index contributed by atoms with van der Waals surface area (Å²) >= 11 is 3.30. The average Bonchev–Trinajstić information content (AvgIpc) is 1.59. The second-order valence-electron chi connectivity index (χ2n) is 2.70. The van der Waals surface area contributed by atoms with E-state index in [2.05, 4.69) is 17.2 Å². The molecule has 1 amide bonds. The van der Waals surface area contributed by atoms with Gasteiger partial charge in [0.05, 0.1) is 0 Å². The first kappa shape index (κ1) is 9.58. The van der Waals surface area contributed by atoms with Crippen LogP contribution in [0.5, 0.6) is 0 Å². The Balaban J connectivity index is 3.58. The molecule has 4 nitrogen and oxygen atoms in total. The number of ether oxygens (including phenoxy) is 1. The Hall–Kier alpha value is -0.420. The minimum absolute atomic E-state index is 0.504. The number of amides is 1. The highest BCUT2D eigenvalue weighted by molar-refractivity contribution is 7.75. The van der Waals surface area contributed by atoms with E-state index < -0.39 is 11.7 Å². The van der Waals surface area contributed by atoms with Crippen LogP contribution in [0.25, 0.3) is 0 Å². The molecule has 60 valence electrons. The maximum absolute atomic E-state index is 10.6. The van der Waals surface area contributed by atoms with Crippen molar-refractivity contribution in [3.05, 3.63) is 0 Å². The fourth-order valence-electron chi connectivity index (χ4n) is 0.336. The fourth-order valence-corrected chi connectivity index (χ4v) is 0.411. The number of carbonyl (C=O) groups excluding carboxylic acids is 1. The summed E-state index contributed by atoms with van der Waals surface area (Å²) in [7, 11) is 0. The lowest BCUT2D eigenvalue weighted by Crippen LogP contribution is -2.30. The minimum atomic E-state index is -0.650. The molecule has 0 saturated heterocycles. The number of rotatable bonds is 1. The van der Waals surface area contributed by atoms with E-state index in [0.29, 0.717) is 0 Å². The summed E-state index contributed by atoms with van der Waals surface area (Å²) in [6.45, 7) is 5.27. The topological polar surface area (TPSA) is 47.6 Å². The third-order valence-electron chi connectivity index (χ3n) is 0.528. The lowest BCUT2D eigenvalue weighted by molar-refractivity contribution is 0.0331. The van der Waals surface area contributed by atoms with Gasteiger partial charge in [-0.3, -0.25) is 0 Å². The summed E-state index contributed by atoms with van der Waals surface area (Å²) in [5, 5.41) is 0. The Morgan fingerprint density at radius 2 is 2.00 bits per heavy atom. The van der Waals surface area contributed by atoms with Gasteiger partial charge in [-0.25, -0.2) is 9.08 Å². The zero-order valence-electron chi connectivity index (χ0n) is 6.17. The molecule has 0 aliphatic heterocycles. The van der Waals surface area contributed by atoms with Gasteiger partial charge in [-0.05, 0) is 20.8 Å². The van der Waals surface area contributed by atoms with Crippen molar-refractivity contribution < 1.29 is 13.8 Å². The predicted octanol–water partition coefficient (Wildman–Crippen LogP) is 1.29. The van der Waals surface area contributed by atoms with Crippen LogP contribution in [0, 0.1) is 0 Å². The van der Waals surface area contributed by atoms with Crippen LogP contribution in [0.4, 0.5) is 4.79 Å². The standard InChI is InChI=1S/C5H11NO3S/c1-5(2,3)8-4(7)6-9-10/h10H,1-3H3,(H,6,7). The first-order valence-electron chi connectivity index (χ1n) is 2.75. The van der Waals surface area contributed by atoms with E-state index in [1.165, 1.54) is 0 Å². The predicted molar refractivity (Wildman–Crippen MR) is 39.4 cm³/mol. The second kappa shape index (κ2) is 3.68. The quantitative estimate of drug-likeness (QED) is 0.349. The van der Waals surface area contributed by atoms with Crippen LogP contribution >= 0.6 is 12.9 Å². The molecule has 0 rings (SSSR count). The largest absolute Gasteiger partial charge is 0.442 e. The Bertz CT molecular complexity index is 121. The SMILES string of the molecule is CC(C)(C)OC(=O)NOS. The van der Waals surface area contributed by atoms with Gasteiger partial charge in [-0.1, -0.05) is 0 Å². The lowest BCUT2D eigenvalue weighted by atomic mass is 10.2. The highest BCUT2D eigenvalue weighted by atomic mass is 32.1. The van der Waals surface area contributed by atoms with Gasteiger partial charge in [0.2, 0.25) is 0 Å². The highest BCUT2D eigenvalue weighted by Gasteiger charge is 2.15. The zero-order valence-corrected chi connectivity index (χ0v) is 7.07. The van der Waals surface area contributed by atoms with Gasteiger partial charge < -0.3 is 4.74 Å². The second-order valence-corrected chi connectivity index (χ2v) is 2.88. The molecular weight excluding hydrogens is 154 g/mol. The van der Waals surface area contributed by atoms with E-state index in [4.69, 9.17) is 4.74 Å². The molecule has 0 saturated carbocycles. The molecule has 5 heteroatoms. The lowest BCUT2D eigenvalue weighted by Gasteiger charge is -2.18. The molecular formula is C5H11NO3S. The van der Waals surface area contributed by atoms with Gasteiger partial charge >= 0.3 is 6.09 Å². The van der Waals surface area contributed by atoms with Gasteiger partial charge in [-0.2, -0.15) is 5.48 Å². The molecule has 0 atom stereocenters. The zero-order chi connectivity index (χ0) is 8.20. The van der Waals surface area contributed by atoms with Gasteiger partial charge in [0.15, 0.2) is 0 Å². The third-order valence-corrected chi connectivity index (χ3v) is 0.619. The van der Waals surface area contributed by atoms with E-state index >= 15 is 0 Å². The van der Waals surface area contributed by atoms with Crippen molar-refractivity contribution in [3.63, 3.8) is 0 Å². The average molecular weight is 165 g/mol. The van der Waals surface area contributed by atoms with Crippen molar-refractivity contribution in [1.29, 1.82) is 0 Å².